The predicted octanol–water partition coefficient (Wildman–Crippen LogP) is 4.37. The van der Waals surface area contributed by atoms with E-state index < -0.39 is 12.2 Å². The maximum absolute atomic E-state index is 12.5. The molecule has 0 radical (unpaired) electrons. The molecule has 0 bridgehead atoms. The van der Waals surface area contributed by atoms with Gasteiger partial charge in [-0.05, 0) is 47.6 Å². The van der Waals surface area contributed by atoms with Crippen molar-refractivity contribution in [1.82, 2.24) is 0 Å². The van der Waals surface area contributed by atoms with Crippen LogP contribution in [0.25, 0.3) is 0 Å². The summed E-state index contributed by atoms with van der Waals surface area (Å²) in [6, 6.07) is 16.9. The summed E-state index contributed by atoms with van der Waals surface area (Å²) in [5.41, 5.74) is 2.05. The largest absolute Gasteiger partial charge is 0.427 e. The van der Waals surface area contributed by atoms with Crippen molar-refractivity contribution < 1.29 is 29.3 Å². The van der Waals surface area contributed by atoms with Crippen LogP contribution in [0.15, 0.2) is 66.7 Å². The van der Waals surface area contributed by atoms with E-state index in [-0.39, 0.29) is 30.0 Å². The van der Waals surface area contributed by atoms with Crippen molar-refractivity contribution in [2.45, 2.75) is 50.9 Å². The van der Waals surface area contributed by atoms with Crippen LogP contribution in [-0.2, 0) is 27.4 Å². The fraction of sp³-hybridized carbons (Fsp3) is 0.448. The number of ketones is 1. The standard InChI is InChI=1S/C29H36O6S/c1-34-20-22-8-5-7-21(17-22)18-23(30)12-13-25-26(28(32)19-27(25)31)14-16-36-15-6-11-29(33)35-24-9-3-2-4-10-24/h2-5,7-10,12-13,17,23,25-27,30-31H,6,11,14-16,18-20H2,1H3/b13-12+/t23-,25-,26-,27-/m1/s1. The van der Waals surface area contributed by atoms with E-state index in [2.05, 4.69) is 0 Å². The number of hydrogen-bond donors (Lipinski definition) is 2. The quantitative estimate of drug-likeness (QED) is 0.168. The topological polar surface area (TPSA) is 93.1 Å². The third kappa shape index (κ3) is 9.21. The molecule has 0 aromatic heterocycles. The van der Waals surface area contributed by atoms with Crippen molar-refractivity contribution in [3.8, 4) is 5.75 Å². The summed E-state index contributed by atoms with van der Waals surface area (Å²) in [4.78, 5) is 24.4. The molecule has 1 aliphatic rings. The van der Waals surface area contributed by atoms with Gasteiger partial charge in [0, 0.05) is 38.2 Å². The molecule has 7 heteroatoms. The van der Waals surface area contributed by atoms with Gasteiger partial charge in [-0.25, -0.2) is 0 Å². The van der Waals surface area contributed by atoms with Crippen LogP contribution in [-0.4, -0.2) is 52.8 Å². The van der Waals surface area contributed by atoms with E-state index in [1.54, 1.807) is 37.1 Å². The van der Waals surface area contributed by atoms with Gasteiger partial charge in [0.15, 0.2) is 0 Å². The third-order valence-corrected chi connectivity index (χ3v) is 7.35. The number of thioether (sulfide) groups is 1. The van der Waals surface area contributed by atoms with E-state index >= 15 is 0 Å². The van der Waals surface area contributed by atoms with Crippen molar-refractivity contribution in [2.75, 3.05) is 18.6 Å². The van der Waals surface area contributed by atoms with Crippen LogP contribution >= 0.6 is 11.8 Å². The highest BCUT2D eigenvalue weighted by Crippen LogP contribution is 2.34. The van der Waals surface area contributed by atoms with Gasteiger partial charge in [-0.15, -0.1) is 0 Å². The molecule has 0 unspecified atom stereocenters. The Labute approximate surface area is 217 Å². The minimum atomic E-state index is -0.714. The Morgan fingerprint density at radius 2 is 1.92 bits per heavy atom. The number of para-hydroxylation sites is 1. The molecule has 4 atom stereocenters. The Kier molecular flexibility index (Phi) is 11.7. The second-order valence-corrected chi connectivity index (χ2v) is 10.3. The van der Waals surface area contributed by atoms with Crippen molar-refractivity contribution >= 4 is 23.5 Å². The molecule has 6 nitrogen and oxygen atoms in total. The van der Waals surface area contributed by atoms with Gasteiger partial charge in [-0.3, -0.25) is 9.59 Å². The molecule has 194 valence electrons. The minimum Gasteiger partial charge on any atom is -0.427 e. The molecule has 3 rings (SSSR count). The zero-order valence-electron chi connectivity index (χ0n) is 20.8. The van der Waals surface area contributed by atoms with Gasteiger partial charge in [0.1, 0.15) is 11.5 Å². The Bertz CT molecular complexity index is 992. The molecule has 1 saturated carbocycles. The molecule has 36 heavy (non-hydrogen) atoms. The molecule has 0 aliphatic heterocycles. The Balaban J connectivity index is 1.39. The van der Waals surface area contributed by atoms with E-state index in [9.17, 15) is 19.8 Å². The number of esters is 1. The van der Waals surface area contributed by atoms with E-state index in [0.29, 0.717) is 38.0 Å². The first-order chi connectivity index (χ1) is 17.5. The first kappa shape index (κ1) is 28.1. The number of ether oxygens (including phenoxy) is 2. The molecule has 0 heterocycles. The Morgan fingerprint density at radius 1 is 1.14 bits per heavy atom. The fourth-order valence-corrected chi connectivity index (χ4v) is 5.45. The maximum atomic E-state index is 12.5. The van der Waals surface area contributed by atoms with Gasteiger partial charge < -0.3 is 19.7 Å². The number of rotatable bonds is 14. The Morgan fingerprint density at radius 3 is 2.69 bits per heavy atom. The van der Waals surface area contributed by atoms with Crippen LogP contribution < -0.4 is 4.74 Å². The highest BCUT2D eigenvalue weighted by Gasteiger charge is 2.39. The van der Waals surface area contributed by atoms with Crippen LogP contribution in [0.2, 0.25) is 0 Å². The lowest BCUT2D eigenvalue weighted by atomic mass is 9.91. The smallest absolute Gasteiger partial charge is 0.311 e. The van der Waals surface area contributed by atoms with E-state index in [4.69, 9.17) is 9.47 Å². The highest BCUT2D eigenvalue weighted by molar-refractivity contribution is 7.99. The Hall–Kier alpha value is -2.45. The van der Waals surface area contributed by atoms with Gasteiger partial charge >= 0.3 is 5.97 Å². The number of aliphatic hydroxyl groups is 2. The lowest BCUT2D eigenvalue weighted by Crippen LogP contribution is -2.20. The van der Waals surface area contributed by atoms with Gasteiger partial charge in [0.05, 0.1) is 18.8 Å². The summed E-state index contributed by atoms with van der Waals surface area (Å²) in [6.45, 7) is 0.521. The van der Waals surface area contributed by atoms with Gasteiger partial charge in [0.25, 0.3) is 0 Å². The molecular weight excluding hydrogens is 476 g/mol. The second kappa shape index (κ2) is 15.0. The molecular formula is C29H36O6S. The lowest BCUT2D eigenvalue weighted by molar-refractivity contribution is -0.134. The summed E-state index contributed by atoms with van der Waals surface area (Å²) in [5, 5.41) is 20.9. The van der Waals surface area contributed by atoms with Crippen LogP contribution in [0.5, 0.6) is 5.75 Å². The van der Waals surface area contributed by atoms with E-state index in [0.717, 1.165) is 22.6 Å². The zero-order valence-corrected chi connectivity index (χ0v) is 21.6. The number of aliphatic hydroxyl groups excluding tert-OH is 2. The molecule has 2 N–H and O–H groups in total. The molecule has 1 fully saturated rings. The molecule has 2 aromatic rings. The first-order valence-corrected chi connectivity index (χ1v) is 13.6. The van der Waals surface area contributed by atoms with Crippen molar-refractivity contribution in [3.05, 3.63) is 77.9 Å². The molecule has 2 aromatic carbocycles. The maximum Gasteiger partial charge on any atom is 0.311 e. The normalized spacial score (nSPS) is 20.6. The number of Topliss-reactive ketones (excluding diaryl/α,β-unsaturated/α-hetero) is 1. The number of benzene rings is 2. The van der Waals surface area contributed by atoms with Crippen LogP contribution in [0.4, 0.5) is 0 Å². The minimum absolute atomic E-state index is 0.0749. The van der Waals surface area contributed by atoms with Crippen molar-refractivity contribution in [1.29, 1.82) is 0 Å². The van der Waals surface area contributed by atoms with Gasteiger partial charge in [0.2, 0.25) is 0 Å². The first-order valence-electron chi connectivity index (χ1n) is 12.4. The molecule has 0 spiro atoms. The number of carbonyl (C=O) groups is 2. The fourth-order valence-electron chi connectivity index (χ4n) is 4.47. The number of carbonyl (C=O) groups excluding carboxylic acids is 2. The summed E-state index contributed by atoms with van der Waals surface area (Å²) >= 11 is 1.70. The molecule has 0 amide bonds. The number of hydrogen-bond acceptors (Lipinski definition) is 7. The zero-order chi connectivity index (χ0) is 25.8. The number of methoxy groups -OCH3 is 1. The van der Waals surface area contributed by atoms with Gasteiger partial charge in [-0.1, -0.05) is 54.6 Å². The van der Waals surface area contributed by atoms with Crippen LogP contribution in [0, 0.1) is 11.8 Å². The van der Waals surface area contributed by atoms with Crippen LogP contribution in [0.1, 0.15) is 36.8 Å². The highest BCUT2D eigenvalue weighted by atomic mass is 32.2. The molecule has 0 saturated heterocycles. The predicted molar refractivity (Wildman–Crippen MR) is 142 cm³/mol. The third-order valence-electron chi connectivity index (χ3n) is 6.25. The SMILES string of the molecule is COCc1cccc(C[C@H](O)/C=C/[C@H]2[C@H](O)CC(=O)[C@@H]2CCSCCCC(=O)Oc2ccccc2)c1. The summed E-state index contributed by atoms with van der Waals surface area (Å²) < 4.78 is 10.5. The van der Waals surface area contributed by atoms with E-state index in [1.165, 1.54) is 0 Å². The summed E-state index contributed by atoms with van der Waals surface area (Å²) in [6.07, 6.45) is 4.44. The second-order valence-electron chi connectivity index (χ2n) is 9.12. The van der Waals surface area contributed by atoms with Crippen molar-refractivity contribution in [2.24, 2.45) is 11.8 Å². The average Bonchev–Trinajstić information content (AvgIpc) is 3.12. The van der Waals surface area contributed by atoms with Crippen molar-refractivity contribution in [3.63, 3.8) is 0 Å². The van der Waals surface area contributed by atoms with Gasteiger partial charge in [-0.2, -0.15) is 11.8 Å². The summed E-state index contributed by atoms with van der Waals surface area (Å²) in [7, 11) is 1.65. The van der Waals surface area contributed by atoms with E-state index in [1.807, 2.05) is 48.5 Å². The van der Waals surface area contributed by atoms with Crippen LogP contribution in [0.3, 0.4) is 0 Å². The average molecular weight is 513 g/mol. The molecule has 1 aliphatic carbocycles. The summed E-state index contributed by atoms with van der Waals surface area (Å²) in [5.74, 6) is 1.43. The lowest BCUT2D eigenvalue weighted by Gasteiger charge is -2.18. The monoisotopic (exact) mass is 512 g/mol.